The third kappa shape index (κ3) is 3.57. The van der Waals surface area contributed by atoms with Crippen LogP contribution in [0.5, 0.6) is 0 Å². The van der Waals surface area contributed by atoms with Crippen LogP contribution in [0.25, 0.3) is 10.9 Å². The van der Waals surface area contributed by atoms with Crippen molar-refractivity contribution in [2.45, 2.75) is 57.6 Å². The van der Waals surface area contributed by atoms with Crippen molar-refractivity contribution in [2.24, 2.45) is 29.6 Å². The van der Waals surface area contributed by atoms with E-state index in [4.69, 9.17) is 0 Å². The molecule has 6 rings (SSSR count). The first kappa shape index (κ1) is 24.9. The Hall–Kier alpha value is -3.38. The lowest BCUT2D eigenvalue weighted by Crippen LogP contribution is -2.57. The molecule has 2 aliphatic heterocycles. The van der Waals surface area contributed by atoms with Gasteiger partial charge in [0.05, 0.1) is 11.8 Å². The highest BCUT2D eigenvalue weighted by atomic mass is 16.3. The molecule has 6 nitrogen and oxygen atoms in total. The Balaban J connectivity index is 1.51. The van der Waals surface area contributed by atoms with Crippen LogP contribution in [0.4, 0.5) is 0 Å². The van der Waals surface area contributed by atoms with Gasteiger partial charge in [-0.15, -0.1) is 0 Å². The summed E-state index contributed by atoms with van der Waals surface area (Å²) in [6, 6.07) is 11.8. The summed E-state index contributed by atoms with van der Waals surface area (Å²) in [5, 5.41) is 16.1. The summed E-state index contributed by atoms with van der Waals surface area (Å²) in [6.07, 6.45) is 7.55. The fourth-order valence-corrected chi connectivity index (χ4v) is 7.71. The number of rotatable bonds is 2. The van der Waals surface area contributed by atoms with Gasteiger partial charge in [-0.3, -0.25) is 9.59 Å². The Kier molecular flexibility index (Phi) is 5.98. The molecule has 4 heterocycles. The van der Waals surface area contributed by atoms with Crippen molar-refractivity contribution in [3.05, 3.63) is 83.9 Å². The summed E-state index contributed by atoms with van der Waals surface area (Å²) in [5.74, 6) is -0.601. The average Bonchev–Trinajstić information content (AvgIpc) is 3.61. The second-order valence-electron chi connectivity index (χ2n) is 11.9. The SMILES string of the molecule is C=C1[C@@H](C)C2[C@H](Cc3c[nH]c4ccccc34)NC(=O)[C@]23c2ccc([nH]2)C(=O)[C@@H](C)C[C@@H](C)C/C=C/[C@H]3[C@@H]1O. The molecule has 1 saturated heterocycles. The largest absolute Gasteiger partial charge is 0.388 e. The molecule has 38 heavy (non-hydrogen) atoms. The molecule has 1 aliphatic carbocycles. The number of carbonyl (C=O) groups excluding carboxylic acids is 2. The van der Waals surface area contributed by atoms with Gasteiger partial charge in [-0.25, -0.2) is 0 Å². The van der Waals surface area contributed by atoms with Gasteiger partial charge in [0, 0.05) is 46.6 Å². The number of H-pyrrole nitrogens is 2. The topological polar surface area (TPSA) is 98.0 Å². The minimum absolute atomic E-state index is 0.0692. The van der Waals surface area contributed by atoms with Crippen molar-refractivity contribution in [3.63, 3.8) is 0 Å². The molecule has 2 bridgehead atoms. The van der Waals surface area contributed by atoms with Gasteiger partial charge in [-0.05, 0) is 60.4 Å². The maximum Gasteiger partial charge on any atom is 0.233 e. The Bertz CT molecular complexity index is 1450. The second-order valence-corrected chi connectivity index (χ2v) is 11.9. The first-order chi connectivity index (χ1) is 18.2. The summed E-state index contributed by atoms with van der Waals surface area (Å²) in [4.78, 5) is 34.4. The van der Waals surface area contributed by atoms with Crippen LogP contribution in [0.1, 0.15) is 55.4 Å². The number of amides is 1. The van der Waals surface area contributed by atoms with E-state index in [0.717, 1.165) is 34.9 Å². The summed E-state index contributed by atoms with van der Waals surface area (Å²) < 4.78 is 0. The summed E-state index contributed by atoms with van der Waals surface area (Å²) in [6.45, 7) is 10.5. The molecule has 198 valence electrons. The van der Waals surface area contributed by atoms with E-state index in [0.29, 0.717) is 23.7 Å². The highest BCUT2D eigenvalue weighted by Crippen LogP contribution is 2.57. The molecule has 8 atom stereocenters. The summed E-state index contributed by atoms with van der Waals surface area (Å²) in [7, 11) is 0. The van der Waals surface area contributed by atoms with Crippen molar-refractivity contribution in [1.29, 1.82) is 0 Å². The lowest BCUT2D eigenvalue weighted by Gasteiger charge is -2.50. The fraction of sp³-hybridized carbons (Fsp3) is 0.438. The van der Waals surface area contributed by atoms with Crippen LogP contribution < -0.4 is 5.32 Å². The molecule has 3 aliphatic rings. The van der Waals surface area contributed by atoms with Gasteiger partial charge in [0.2, 0.25) is 5.91 Å². The van der Waals surface area contributed by atoms with Crippen molar-refractivity contribution < 1.29 is 14.7 Å². The van der Waals surface area contributed by atoms with E-state index in [1.54, 1.807) is 0 Å². The number of aromatic nitrogens is 2. The lowest BCUT2D eigenvalue weighted by atomic mass is 9.52. The number of carbonyl (C=O) groups is 2. The molecular weight excluding hydrogens is 474 g/mol. The fourth-order valence-electron chi connectivity index (χ4n) is 7.71. The molecule has 1 unspecified atom stereocenters. The molecule has 0 radical (unpaired) electrons. The highest BCUT2D eigenvalue weighted by Gasteiger charge is 2.66. The van der Waals surface area contributed by atoms with Crippen LogP contribution in [0.2, 0.25) is 0 Å². The van der Waals surface area contributed by atoms with Crippen LogP contribution in [0, 0.1) is 29.6 Å². The number of fused-ring (bicyclic) bond motifs is 3. The molecule has 3 aromatic rings. The number of aliphatic hydroxyl groups is 1. The Morgan fingerprint density at radius 1 is 1.11 bits per heavy atom. The van der Waals surface area contributed by atoms with E-state index in [1.807, 2.05) is 43.5 Å². The van der Waals surface area contributed by atoms with Crippen LogP contribution in [0.3, 0.4) is 0 Å². The number of hydrogen-bond acceptors (Lipinski definition) is 3. The summed E-state index contributed by atoms with van der Waals surface area (Å²) >= 11 is 0. The first-order valence-electron chi connectivity index (χ1n) is 13.9. The first-order valence-corrected chi connectivity index (χ1v) is 13.9. The Morgan fingerprint density at radius 3 is 2.71 bits per heavy atom. The third-order valence-electron chi connectivity index (χ3n) is 9.62. The van der Waals surface area contributed by atoms with Crippen LogP contribution >= 0.6 is 0 Å². The maximum atomic E-state index is 14.3. The number of ketones is 1. The van der Waals surface area contributed by atoms with Crippen LogP contribution in [-0.4, -0.2) is 38.9 Å². The monoisotopic (exact) mass is 511 g/mol. The number of hydrogen-bond donors (Lipinski definition) is 4. The third-order valence-corrected chi connectivity index (χ3v) is 9.62. The molecule has 2 fully saturated rings. The van der Waals surface area contributed by atoms with Crippen LogP contribution in [-0.2, 0) is 16.6 Å². The average molecular weight is 512 g/mol. The van der Waals surface area contributed by atoms with E-state index in [9.17, 15) is 14.7 Å². The molecule has 6 heteroatoms. The minimum atomic E-state index is -1.04. The zero-order chi connectivity index (χ0) is 26.8. The molecule has 1 aromatic carbocycles. The maximum absolute atomic E-state index is 14.3. The Morgan fingerprint density at radius 2 is 1.89 bits per heavy atom. The zero-order valence-electron chi connectivity index (χ0n) is 22.3. The summed E-state index contributed by atoms with van der Waals surface area (Å²) in [5.41, 5.74) is 3.18. The van der Waals surface area contributed by atoms with Gasteiger partial charge in [-0.2, -0.15) is 0 Å². The Labute approximate surface area is 223 Å². The van der Waals surface area contributed by atoms with Gasteiger partial charge >= 0.3 is 0 Å². The molecule has 1 spiro atoms. The molecule has 1 saturated carbocycles. The number of aromatic amines is 2. The molecular formula is C32H37N3O3. The number of nitrogens with one attached hydrogen (secondary N) is 3. The van der Waals surface area contributed by atoms with Crippen molar-refractivity contribution >= 4 is 22.6 Å². The predicted molar refractivity (Wildman–Crippen MR) is 149 cm³/mol. The van der Waals surface area contributed by atoms with Crippen molar-refractivity contribution in [2.75, 3.05) is 0 Å². The normalized spacial score (nSPS) is 36.2. The molecule has 4 N–H and O–H groups in total. The quantitative estimate of drug-likeness (QED) is 0.361. The lowest BCUT2D eigenvalue weighted by molar-refractivity contribution is -0.129. The van der Waals surface area contributed by atoms with E-state index < -0.39 is 17.4 Å². The number of aliphatic hydroxyl groups excluding tert-OH is 1. The molecule has 1 amide bonds. The highest BCUT2D eigenvalue weighted by molar-refractivity contribution is 5.97. The van der Waals surface area contributed by atoms with Gasteiger partial charge < -0.3 is 20.4 Å². The van der Waals surface area contributed by atoms with E-state index in [2.05, 4.69) is 53.9 Å². The number of para-hydroxylation sites is 1. The zero-order valence-corrected chi connectivity index (χ0v) is 22.3. The van der Waals surface area contributed by atoms with Crippen LogP contribution in [0.15, 0.2) is 66.9 Å². The smallest absolute Gasteiger partial charge is 0.233 e. The number of allylic oxidation sites excluding steroid dienone is 1. The van der Waals surface area contributed by atoms with Gasteiger partial charge in [0.15, 0.2) is 5.78 Å². The van der Waals surface area contributed by atoms with Gasteiger partial charge in [0.1, 0.15) is 5.41 Å². The predicted octanol–water partition coefficient (Wildman–Crippen LogP) is 5.08. The minimum Gasteiger partial charge on any atom is -0.388 e. The van der Waals surface area contributed by atoms with E-state index in [1.165, 1.54) is 0 Å². The van der Waals surface area contributed by atoms with Gasteiger partial charge in [0.25, 0.3) is 0 Å². The van der Waals surface area contributed by atoms with Gasteiger partial charge in [-0.1, -0.05) is 57.7 Å². The second kappa shape index (κ2) is 9.12. The molecule has 2 aromatic heterocycles. The van der Waals surface area contributed by atoms with E-state index >= 15 is 0 Å². The van der Waals surface area contributed by atoms with Crippen molar-refractivity contribution in [3.8, 4) is 0 Å². The number of benzene rings is 1. The standard InChI is InChI=1S/C32H37N3O3/c1-17-8-7-10-23-30(37)20(4)19(3)28-26(15-21-16-33-24-11-6-5-9-22(21)24)35-31(38)32(23,28)27-13-12-25(34-27)29(36)18(2)14-17/h5-7,9-13,16-19,23,26,28,30,33-34,37H,4,8,14-15H2,1-3H3,(H,35,38)/b10-7+/t17-,18-,19+,23-,26-,28?,30+,32+/m0/s1. The number of Topliss-reactive ketones (excluding diaryl/α,β-unsaturated/α-hetero) is 1. The van der Waals surface area contributed by atoms with Crippen molar-refractivity contribution in [1.82, 2.24) is 15.3 Å². The van der Waals surface area contributed by atoms with E-state index in [-0.39, 0.29) is 35.5 Å².